The second kappa shape index (κ2) is 7.73. The fourth-order valence-electron chi connectivity index (χ4n) is 3.06. The van der Waals surface area contributed by atoms with E-state index in [4.69, 9.17) is 0 Å². The molecule has 2 aromatic rings. The Labute approximate surface area is 147 Å². The molecule has 1 amide bonds. The Bertz CT molecular complexity index is 723. The summed E-state index contributed by atoms with van der Waals surface area (Å²) in [7, 11) is 0. The molecule has 3 rings (SSSR count). The van der Waals surface area contributed by atoms with Gasteiger partial charge >= 0.3 is 0 Å². The maximum Gasteiger partial charge on any atom is 0.223 e. The van der Waals surface area contributed by atoms with Crippen molar-refractivity contribution in [1.29, 1.82) is 0 Å². The van der Waals surface area contributed by atoms with Gasteiger partial charge in [-0.2, -0.15) is 0 Å². The van der Waals surface area contributed by atoms with Crippen LogP contribution >= 0.6 is 11.3 Å². The van der Waals surface area contributed by atoms with Crippen molar-refractivity contribution < 1.29 is 4.79 Å². The van der Waals surface area contributed by atoms with Crippen LogP contribution in [0.1, 0.15) is 37.1 Å². The van der Waals surface area contributed by atoms with Gasteiger partial charge < -0.3 is 5.32 Å². The van der Waals surface area contributed by atoms with E-state index >= 15 is 0 Å². The molecule has 0 aliphatic carbocycles. The first-order valence-corrected chi connectivity index (χ1v) is 9.12. The molecule has 0 unspecified atom stereocenters. The second-order valence-corrected chi connectivity index (χ2v) is 7.42. The predicted molar refractivity (Wildman–Crippen MR) is 99.9 cm³/mol. The highest BCUT2D eigenvalue weighted by Gasteiger charge is 2.22. The van der Waals surface area contributed by atoms with Crippen molar-refractivity contribution in [2.24, 2.45) is 0 Å². The zero-order valence-corrected chi connectivity index (χ0v) is 15.0. The van der Waals surface area contributed by atoms with E-state index in [1.807, 2.05) is 6.20 Å². The number of likely N-dealkylation sites (tertiary alicyclic amines) is 1. The van der Waals surface area contributed by atoms with Gasteiger partial charge in [0.25, 0.3) is 0 Å². The number of aromatic nitrogens is 1. The number of piperidine rings is 1. The molecule has 1 aliphatic heterocycles. The van der Waals surface area contributed by atoms with Gasteiger partial charge in [-0.25, -0.2) is 4.98 Å². The lowest BCUT2D eigenvalue weighted by Crippen LogP contribution is -2.37. The summed E-state index contributed by atoms with van der Waals surface area (Å²) < 4.78 is 0. The van der Waals surface area contributed by atoms with E-state index in [2.05, 4.69) is 58.5 Å². The van der Waals surface area contributed by atoms with Crippen molar-refractivity contribution in [2.45, 2.75) is 39.3 Å². The number of anilines is 1. The number of hydrogen-bond donors (Lipinski definition) is 1. The zero-order chi connectivity index (χ0) is 16.9. The van der Waals surface area contributed by atoms with Gasteiger partial charge in [-0.15, -0.1) is 11.3 Å². The van der Waals surface area contributed by atoms with E-state index in [0.29, 0.717) is 11.2 Å². The Morgan fingerprint density at radius 1 is 1.42 bits per heavy atom. The van der Waals surface area contributed by atoms with E-state index in [0.717, 1.165) is 25.9 Å². The van der Waals surface area contributed by atoms with Crippen LogP contribution in [0.2, 0.25) is 0 Å². The van der Waals surface area contributed by atoms with Crippen molar-refractivity contribution in [3.8, 4) is 0 Å². The van der Waals surface area contributed by atoms with Crippen LogP contribution in [0.5, 0.6) is 0 Å². The number of nitrogens with one attached hydrogen (secondary N) is 1. The summed E-state index contributed by atoms with van der Waals surface area (Å²) in [6.07, 6.45) is 6.41. The summed E-state index contributed by atoms with van der Waals surface area (Å²) in [4.78, 5) is 19.0. The van der Waals surface area contributed by atoms with Crippen LogP contribution in [-0.4, -0.2) is 28.4 Å². The molecule has 5 heteroatoms. The lowest BCUT2D eigenvalue weighted by Gasteiger charge is -2.34. The Hall–Kier alpha value is -1.98. The van der Waals surface area contributed by atoms with E-state index in [9.17, 15) is 4.79 Å². The van der Waals surface area contributed by atoms with Gasteiger partial charge in [-0.05, 0) is 25.3 Å². The lowest BCUT2D eigenvalue weighted by atomic mass is 9.95. The largest absolute Gasteiger partial charge is 0.302 e. The molecule has 126 valence electrons. The highest BCUT2D eigenvalue weighted by atomic mass is 32.1. The van der Waals surface area contributed by atoms with Gasteiger partial charge in [0.15, 0.2) is 5.13 Å². The van der Waals surface area contributed by atoms with Crippen molar-refractivity contribution in [3.63, 3.8) is 0 Å². The molecule has 0 spiro atoms. The molecule has 0 radical (unpaired) electrons. The minimum Gasteiger partial charge on any atom is -0.302 e. The summed E-state index contributed by atoms with van der Waals surface area (Å²) in [5.74, 6) is -0.0714. The van der Waals surface area contributed by atoms with Crippen LogP contribution < -0.4 is 5.32 Å². The summed E-state index contributed by atoms with van der Waals surface area (Å²) in [6.45, 7) is 5.76. The van der Waals surface area contributed by atoms with Crippen LogP contribution in [0.3, 0.4) is 0 Å². The lowest BCUT2D eigenvalue weighted by molar-refractivity contribution is -0.114. The normalized spacial score (nSPS) is 20.2. The third-order valence-corrected chi connectivity index (χ3v) is 5.16. The highest BCUT2D eigenvalue weighted by Crippen LogP contribution is 2.27. The highest BCUT2D eigenvalue weighted by molar-refractivity contribution is 7.15. The average Bonchev–Trinajstić information content (AvgIpc) is 2.97. The smallest absolute Gasteiger partial charge is 0.223 e. The van der Waals surface area contributed by atoms with Crippen molar-refractivity contribution in [2.75, 3.05) is 11.9 Å². The summed E-state index contributed by atoms with van der Waals surface area (Å²) in [5.41, 5.74) is 2.81. The molecule has 1 aromatic carbocycles. The van der Waals surface area contributed by atoms with E-state index in [-0.39, 0.29) is 5.91 Å². The van der Waals surface area contributed by atoms with Crippen LogP contribution in [0.4, 0.5) is 5.13 Å². The van der Waals surface area contributed by atoms with E-state index in [1.165, 1.54) is 22.9 Å². The molecule has 4 nitrogen and oxygen atoms in total. The standard InChI is InChI=1S/C19H23N3OS/c1-14-10-17(11-16-6-4-3-5-7-16)8-9-22(14)13-18-12-20-19(24-18)21-15(2)23/h3-7,11-12,14H,8-10,13H2,1-2H3,(H,20,21,23)/b17-11-/t14-/m1/s1. The molecule has 1 atom stereocenters. The molecule has 1 fully saturated rings. The van der Waals surface area contributed by atoms with Crippen molar-refractivity contribution >= 4 is 28.5 Å². The first-order valence-electron chi connectivity index (χ1n) is 8.31. The monoisotopic (exact) mass is 341 g/mol. The number of hydrogen-bond acceptors (Lipinski definition) is 4. The van der Waals surface area contributed by atoms with E-state index < -0.39 is 0 Å². The molecule has 2 heterocycles. The Morgan fingerprint density at radius 3 is 2.92 bits per heavy atom. The zero-order valence-electron chi connectivity index (χ0n) is 14.2. The van der Waals surface area contributed by atoms with Crippen LogP contribution in [0, 0.1) is 0 Å². The van der Waals surface area contributed by atoms with Crippen molar-refractivity contribution in [1.82, 2.24) is 9.88 Å². The number of rotatable bonds is 4. The quantitative estimate of drug-likeness (QED) is 0.908. The first kappa shape index (κ1) is 16.9. The number of thiazole rings is 1. The van der Waals surface area contributed by atoms with Crippen molar-refractivity contribution in [3.05, 3.63) is 52.5 Å². The summed E-state index contributed by atoms with van der Waals surface area (Å²) in [5, 5.41) is 3.44. The van der Waals surface area contributed by atoms with Crippen LogP contribution in [-0.2, 0) is 11.3 Å². The summed E-state index contributed by atoms with van der Waals surface area (Å²) in [6, 6.07) is 11.1. The van der Waals surface area contributed by atoms with Gasteiger partial charge in [-0.1, -0.05) is 42.0 Å². The van der Waals surface area contributed by atoms with Gasteiger partial charge in [-0.3, -0.25) is 9.69 Å². The van der Waals surface area contributed by atoms with Crippen LogP contribution in [0.25, 0.3) is 6.08 Å². The number of carbonyl (C=O) groups is 1. The molecule has 1 N–H and O–H groups in total. The number of carbonyl (C=O) groups excluding carboxylic acids is 1. The molecular weight excluding hydrogens is 318 g/mol. The van der Waals surface area contributed by atoms with Gasteiger partial charge in [0.05, 0.1) is 0 Å². The van der Waals surface area contributed by atoms with Crippen LogP contribution in [0.15, 0.2) is 42.1 Å². The number of benzene rings is 1. The molecular formula is C19H23N3OS. The minimum atomic E-state index is -0.0714. The molecule has 1 aliphatic rings. The maximum atomic E-state index is 11.1. The molecule has 24 heavy (non-hydrogen) atoms. The Balaban J connectivity index is 1.59. The van der Waals surface area contributed by atoms with Gasteiger partial charge in [0, 0.05) is 37.1 Å². The second-order valence-electron chi connectivity index (χ2n) is 6.30. The summed E-state index contributed by atoms with van der Waals surface area (Å²) >= 11 is 1.56. The SMILES string of the molecule is CC(=O)Nc1ncc(CN2CC/C(=C/c3ccccc3)C[C@H]2C)s1. The van der Waals surface area contributed by atoms with Gasteiger partial charge in [0.1, 0.15) is 0 Å². The number of nitrogens with zero attached hydrogens (tertiary/aromatic N) is 2. The Kier molecular flexibility index (Phi) is 5.43. The predicted octanol–water partition coefficient (Wildman–Crippen LogP) is 4.17. The molecule has 1 aromatic heterocycles. The average molecular weight is 341 g/mol. The molecule has 1 saturated heterocycles. The maximum absolute atomic E-state index is 11.1. The van der Waals surface area contributed by atoms with E-state index in [1.54, 1.807) is 11.3 Å². The minimum absolute atomic E-state index is 0.0714. The third-order valence-electron chi connectivity index (χ3n) is 4.27. The van der Waals surface area contributed by atoms with Gasteiger partial charge in [0.2, 0.25) is 5.91 Å². The fraction of sp³-hybridized carbons (Fsp3) is 0.368. The first-order chi connectivity index (χ1) is 11.6. The topological polar surface area (TPSA) is 45.2 Å². The number of amides is 1. The third kappa shape index (κ3) is 4.52. The Morgan fingerprint density at radius 2 is 2.21 bits per heavy atom. The molecule has 0 saturated carbocycles. The molecule has 0 bridgehead atoms. The fourth-order valence-corrected chi connectivity index (χ4v) is 3.94.